The average molecular weight is 262 g/mol. The van der Waals surface area contributed by atoms with E-state index < -0.39 is 0 Å². The van der Waals surface area contributed by atoms with Crippen molar-refractivity contribution < 1.29 is 0 Å². The SMILES string of the molecule is CN(C)c1ccc(/C=C/CN2CCSCC2)cc1. The molecule has 0 aromatic heterocycles. The number of benzene rings is 1. The van der Waals surface area contributed by atoms with Crippen molar-refractivity contribution in [2.24, 2.45) is 0 Å². The molecule has 1 saturated heterocycles. The molecular formula is C15H22N2S. The molecule has 0 atom stereocenters. The smallest absolute Gasteiger partial charge is 0.0361 e. The van der Waals surface area contributed by atoms with Gasteiger partial charge < -0.3 is 4.90 Å². The zero-order chi connectivity index (χ0) is 12.8. The Morgan fingerprint density at radius 3 is 2.44 bits per heavy atom. The van der Waals surface area contributed by atoms with Crippen LogP contribution in [0.25, 0.3) is 6.08 Å². The van der Waals surface area contributed by atoms with Crippen LogP contribution in [0.3, 0.4) is 0 Å². The zero-order valence-electron chi connectivity index (χ0n) is 11.3. The van der Waals surface area contributed by atoms with Crippen LogP contribution >= 0.6 is 11.8 Å². The Bertz CT molecular complexity index is 378. The summed E-state index contributed by atoms with van der Waals surface area (Å²) in [6.45, 7) is 3.54. The number of anilines is 1. The van der Waals surface area contributed by atoms with E-state index in [0.29, 0.717) is 0 Å². The van der Waals surface area contributed by atoms with E-state index in [9.17, 15) is 0 Å². The molecule has 1 aromatic rings. The van der Waals surface area contributed by atoms with E-state index in [1.165, 1.54) is 35.8 Å². The predicted octanol–water partition coefficient (Wildman–Crippen LogP) is 2.81. The van der Waals surface area contributed by atoms with Crippen molar-refractivity contribution in [2.45, 2.75) is 0 Å². The first kappa shape index (κ1) is 13.5. The third kappa shape index (κ3) is 4.07. The number of thioether (sulfide) groups is 1. The van der Waals surface area contributed by atoms with Gasteiger partial charge in [0.1, 0.15) is 0 Å². The van der Waals surface area contributed by atoms with E-state index in [1.54, 1.807) is 0 Å². The van der Waals surface area contributed by atoms with Gasteiger partial charge in [0.15, 0.2) is 0 Å². The molecule has 0 amide bonds. The summed E-state index contributed by atoms with van der Waals surface area (Å²) in [5.41, 5.74) is 2.53. The molecule has 0 radical (unpaired) electrons. The lowest BCUT2D eigenvalue weighted by Crippen LogP contribution is -2.32. The van der Waals surface area contributed by atoms with Crippen LogP contribution < -0.4 is 4.90 Å². The van der Waals surface area contributed by atoms with Gasteiger partial charge in [-0.2, -0.15) is 11.8 Å². The van der Waals surface area contributed by atoms with Gasteiger partial charge in [0.2, 0.25) is 0 Å². The molecule has 0 spiro atoms. The topological polar surface area (TPSA) is 6.48 Å². The molecule has 1 aliphatic rings. The third-order valence-corrected chi connectivity index (χ3v) is 4.13. The van der Waals surface area contributed by atoms with E-state index in [1.807, 2.05) is 0 Å². The van der Waals surface area contributed by atoms with Crippen molar-refractivity contribution in [2.75, 3.05) is 50.1 Å². The highest BCUT2D eigenvalue weighted by atomic mass is 32.2. The van der Waals surface area contributed by atoms with Crippen molar-refractivity contribution in [1.82, 2.24) is 4.90 Å². The summed E-state index contributed by atoms with van der Waals surface area (Å²) in [4.78, 5) is 4.64. The lowest BCUT2D eigenvalue weighted by molar-refractivity contribution is 0.336. The second kappa shape index (κ2) is 6.86. The minimum atomic E-state index is 1.08. The van der Waals surface area contributed by atoms with Gasteiger partial charge in [0, 0.05) is 50.9 Å². The molecule has 0 saturated carbocycles. The quantitative estimate of drug-likeness (QED) is 0.824. The standard InChI is InChI=1S/C15H22N2S/c1-16(2)15-7-5-14(6-8-15)4-3-9-17-10-12-18-13-11-17/h3-8H,9-13H2,1-2H3/b4-3+. The fourth-order valence-electron chi connectivity index (χ4n) is 2.01. The normalized spacial score (nSPS) is 17.2. The monoisotopic (exact) mass is 262 g/mol. The summed E-state index contributed by atoms with van der Waals surface area (Å²) in [6.07, 6.45) is 4.50. The van der Waals surface area contributed by atoms with Gasteiger partial charge in [-0.25, -0.2) is 0 Å². The van der Waals surface area contributed by atoms with Crippen LogP contribution in [-0.4, -0.2) is 50.1 Å². The van der Waals surface area contributed by atoms with Gasteiger partial charge in [-0.3, -0.25) is 4.90 Å². The highest BCUT2D eigenvalue weighted by Crippen LogP contribution is 2.13. The molecule has 0 bridgehead atoms. The van der Waals surface area contributed by atoms with Crippen LogP contribution in [0.1, 0.15) is 5.56 Å². The first-order valence-corrected chi connectivity index (χ1v) is 7.65. The van der Waals surface area contributed by atoms with Crippen LogP contribution in [0, 0.1) is 0 Å². The molecule has 18 heavy (non-hydrogen) atoms. The molecule has 0 unspecified atom stereocenters. The minimum Gasteiger partial charge on any atom is -0.378 e. The van der Waals surface area contributed by atoms with E-state index >= 15 is 0 Å². The Balaban J connectivity index is 1.84. The summed E-state index contributed by atoms with van der Waals surface area (Å²) in [7, 11) is 4.14. The van der Waals surface area contributed by atoms with Crippen LogP contribution in [-0.2, 0) is 0 Å². The molecule has 98 valence electrons. The van der Waals surface area contributed by atoms with Crippen molar-refractivity contribution in [3.8, 4) is 0 Å². The molecule has 2 rings (SSSR count). The Labute approximate surface area is 115 Å². The molecule has 1 heterocycles. The molecule has 1 aliphatic heterocycles. The van der Waals surface area contributed by atoms with Crippen molar-refractivity contribution in [3.05, 3.63) is 35.9 Å². The number of nitrogens with zero attached hydrogens (tertiary/aromatic N) is 2. The van der Waals surface area contributed by atoms with E-state index in [2.05, 4.69) is 72.1 Å². The van der Waals surface area contributed by atoms with Crippen LogP contribution in [0.2, 0.25) is 0 Å². The third-order valence-electron chi connectivity index (χ3n) is 3.19. The van der Waals surface area contributed by atoms with E-state index in [0.717, 1.165) is 6.54 Å². The largest absolute Gasteiger partial charge is 0.378 e. The second-order valence-corrected chi connectivity index (χ2v) is 6.03. The summed E-state index contributed by atoms with van der Waals surface area (Å²) in [5, 5.41) is 0. The number of rotatable bonds is 4. The highest BCUT2D eigenvalue weighted by molar-refractivity contribution is 7.99. The fraction of sp³-hybridized carbons (Fsp3) is 0.467. The molecule has 1 aromatic carbocycles. The maximum Gasteiger partial charge on any atom is 0.0361 e. The molecule has 0 aliphatic carbocycles. The molecule has 2 nitrogen and oxygen atoms in total. The predicted molar refractivity (Wildman–Crippen MR) is 83.6 cm³/mol. The lowest BCUT2D eigenvalue weighted by atomic mass is 10.2. The van der Waals surface area contributed by atoms with Crippen LogP contribution in [0.5, 0.6) is 0 Å². The first-order valence-electron chi connectivity index (χ1n) is 6.50. The maximum atomic E-state index is 2.52. The Hall–Kier alpha value is -0.930. The van der Waals surface area contributed by atoms with Crippen molar-refractivity contribution >= 4 is 23.5 Å². The van der Waals surface area contributed by atoms with E-state index in [-0.39, 0.29) is 0 Å². The minimum absolute atomic E-state index is 1.08. The van der Waals surface area contributed by atoms with Gasteiger partial charge in [-0.05, 0) is 17.7 Å². The Morgan fingerprint density at radius 2 is 1.83 bits per heavy atom. The Morgan fingerprint density at radius 1 is 1.17 bits per heavy atom. The molecule has 0 N–H and O–H groups in total. The van der Waals surface area contributed by atoms with Gasteiger partial charge in [-0.15, -0.1) is 0 Å². The van der Waals surface area contributed by atoms with Crippen LogP contribution in [0.4, 0.5) is 5.69 Å². The van der Waals surface area contributed by atoms with Gasteiger partial charge in [0.05, 0.1) is 0 Å². The summed E-state index contributed by atoms with van der Waals surface area (Å²) < 4.78 is 0. The first-order chi connectivity index (χ1) is 8.75. The summed E-state index contributed by atoms with van der Waals surface area (Å²) in [5.74, 6) is 2.57. The van der Waals surface area contributed by atoms with Crippen molar-refractivity contribution in [1.29, 1.82) is 0 Å². The highest BCUT2D eigenvalue weighted by Gasteiger charge is 2.07. The maximum absolute atomic E-state index is 2.52. The summed E-state index contributed by atoms with van der Waals surface area (Å²) in [6, 6.07) is 8.68. The Kier molecular flexibility index (Phi) is 5.14. The van der Waals surface area contributed by atoms with Crippen LogP contribution in [0.15, 0.2) is 30.3 Å². The van der Waals surface area contributed by atoms with E-state index in [4.69, 9.17) is 0 Å². The molecular weight excluding hydrogens is 240 g/mol. The fourth-order valence-corrected chi connectivity index (χ4v) is 2.98. The van der Waals surface area contributed by atoms with Gasteiger partial charge in [0.25, 0.3) is 0 Å². The molecule has 1 fully saturated rings. The molecule has 3 heteroatoms. The average Bonchev–Trinajstić information content (AvgIpc) is 2.40. The zero-order valence-corrected chi connectivity index (χ0v) is 12.1. The lowest BCUT2D eigenvalue weighted by Gasteiger charge is -2.24. The number of hydrogen-bond donors (Lipinski definition) is 0. The second-order valence-electron chi connectivity index (χ2n) is 4.80. The van der Waals surface area contributed by atoms with Gasteiger partial charge in [-0.1, -0.05) is 24.3 Å². The number of hydrogen-bond acceptors (Lipinski definition) is 3. The van der Waals surface area contributed by atoms with Gasteiger partial charge >= 0.3 is 0 Å². The summed E-state index contributed by atoms with van der Waals surface area (Å²) >= 11 is 2.06. The van der Waals surface area contributed by atoms with Crippen molar-refractivity contribution in [3.63, 3.8) is 0 Å².